The first-order chi connectivity index (χ1) is 13.2. The maximum absolute atomic E-state index is 11.7. The summed E-state index contributed by atoms with van der Waals surface area (Å²) in [5.41, 5.74) is 3.84. The highest BCUT2D eigenvalue weighted by Gasteiger charge is 2.10. The van der Waals surface area contributed by atoms with Crippen LogP contribution in [0.5, 0.6) is 0 Å². The Kier molecular flexibility index (Phi) is 4.49. The lowest BCUT2D eigenvalue weighted by molar-refractivity contribution is 0.0526. The van der Waals surface area contributed by atoms with Crippen LogP contribution in [0.2, 0.25) is 0 Å². The maximum atomic E-state index is 11.7. The zero-order chi connectivity index (χ0) is 18.6. The third-order valence-corrected chi connectivity index (χ3v) is 4.03. The number of carbonyl (C=O) groups excluding carboxylic acids is 1. The number of fused-ring (bicyclic) bond motifs is 1. The second-order valence-electron chi connectivity index (χ2n) is 5.79. The van der Waals surface area contributed by atoms with Gasteiger partial charge in [-0.15, -0.1) is 0 Å². The van der Waals surface area contributed by atoms with Crippen molar-refractivity contribution >= 4 is 28.6 Å². The second kappa shape index (κ2) is 7.25. The number of benzene rings is 1. The van der Waals surface area contributed by atoms with Crippen molar-refractivity contribution in [1.29, 1.82) is 0 Å². The van der Waals surface area contributed by atoms with Crippen molar-refractivity contribution in [2.45, 2.75) is 6.92 Å². The molecular weight excluding hydrogens is 342 g/mol. The number of hydrogen-bond donors (Lipinski definition) is 2. The average Bonchev–Trinajstić information content (AvgIpc) is 3.13. The molecule has 0 radical (unpaired) electrons. The van der Waals surface area contributed by atoms with Gasteiger partial charge in [-0.2, -0.15) is 0 Å². The lowest BCUT2D eigenvalue weighted by Crippen LogP contribution is -2.04. The number of nitrogens with zero attached hydrogens (tertiary/aromatic N) is 3. The third-order valence-electron chi connectivity index (χ3n) is 4.03. The Balaban J connectivity index is 1.57. The van der Waals surface area contributed by atoms with Crippen molar-refractivity contribution in [3.05, 3.63) is 66.6 Å². The molecule has 27 heavy (non-hydrogen) atoms. The Bertz CT molecular complexity index is 1090. The van der Waals surface area contributed by atoms with Crippen molar-refractivity contribution in [3.63, 3.8) is 0 Å². The Hall–Kier alpha value is -3.74. The van der Waals surface area contributed by atoms with Gasteiger partial charge in [0, 0.05) is 35.2 Å². The molecule has 0 saturated carbocycles. The molecule has 134 valence electrons. The Morgan fingerprint density at radius 1 is 1.11 bits per heavy atom. The number of anilines is 2. The minimum Gasteiger partial charge on any atom is -0.462 e. The molecule has 0 bridgehead atoms. The van der Waals surface area contributed by atoms with E-state index in [0.717, 1.165) is 28.0 Å². The lowest BCUT2D eigenvalue weighted by Gasteiger charge is -2.07. The van der Waals surface area contributed by atoms with Crippen LogP contribution in [0.15, 0.2) is 61.1 Å². The first-order valence-corrected chi connectivity index (χ1v) is 8.54. The first kappa shape index (κ1) is 16.7. The van der Waals surface area contributed by atoms with Crippen molar-refractivity contribution in [1.82, 2.24) is 19.9 Å². The average molecular weight is 359 g/mol. The molecule has 2 N–H and O–H groups in total. The Morgan fingerprint density at radius 2 is 1.96 bits per heavy atom. The van der Waals surface area contributed by atoms with Gasteiger partial charge >= 0.3 is 5.97 Å². The van der Waals surface area contributed by atoms with Gasteiger partial charge in [0.05, 0.1) is 17.9 Å². The van der Waals surface area contributed by atoms with E-state index in [4.69, 9.17) is 4.74 Å². The minimum atomic E-state index is -0.338. The molecule has 4 rings (SSSR count). The molecular formula is C20H17N5O2. The quantitative estimate of drug-likeness (QED) is 0.524. The van der Waals surface area contributed by atoms with Crippen LogP contribution >= 0.6 is 0 Å². The molecule has 7 heteroatoms. The summed E-state index contributed by atoms with van der Waals surface area (Å²) >= 11 is 0. The van der Waals surface area contributed by atoms with E-state index in [9.17, 15) is 4.79 Å². The zero-order valence-electron chi connectivity index (χ0n) is 14.6. The monoisotopic (exact) mass is 359 g/mol. The molecule has 1 aromatic carbocycles. The number of H-pyrrole nitrogens is 1. The van der Waals surface area contributed by atoms with Crippen molar-refractivity contribution < 1.29 is 9.53 Å². The van der Waals surface area contributed by atoms with E-state index < -0.39 is 0 Å². The molecule has 0 spiro atoms. The van der Waals surface area contributed by atoms with Crippen LogP contribution in [0, 0.1) is 0 Å². The number of carbonyl (C=O) groups is 1. The molecule has 0 amide bonds. The summed E-state index contributed by atoms with van der Waals surface area (Å²) in [5, 5.41) is 4.15. The molecule has 3 aromatic heterocycles. The number of aromatic amines is 1. The third kappa shape index (κ3) is 3.48. The highest BCUT2D eigenvalue weighted by atomic mass is 16.5. The summed E-state index contributed by atoms with van der Waals surface area (Å²) in [4.78, 5) is 28.0. The van der Waals surface area contributed by atoms with Crippen LogP contribution in [-0.4, -0.2) is 32.5 Å². The molecule has 0 atom stereocenters. The molecule has 0 aliphatic carbocycles. The van der Waals surface area contributed by atoms with Crippen LogP contribution in [0.1, 0.15) is 17.3 Å². The molecule has 0 unspecified atom stereocenters. The summed E-state index contributed by atoms with van der Waals surface area (Å²) in [7, 11) is 0. The van der Waals surface area contributed by atoms with Crippen molar-refractivity contribution in [2.24, 2.45) is 0 Å². The minimum absolute atomic E-state index is 0.338. The fraction of sp³-hybridized carbons (Fsp3) is 0.100. The highest BCUT2D eigenvalue weighted by molar-refractivity contribution is 5.92. The SMILES string of the molecule is CCOC(=O)c1ccc(Nc2nccc(-c3c[nH]c4ncccc34)n2)cc1. The number of rotatable bonds is 5. The van der Waals surface area contributed by atoms with Gasteiger partial charge in [0.2, 0.25) is 5.95 Å². The summed E-state index contributed by atoms with van der Waals surface area (Å²) in [6.45, 7) is 2.13. The number of esters is 1. The van der Waals surface area contributed by atoms with Gasteiger partial charge in [0.1, 0.15) is 5.65 Å². The summed E-state index contributed by atoms with van der Waals surface area (Å²) in [5.74, 6) is 0.130. The highest BCUT2D eigenvalue weighted by Crippen LogP contribution is 2.26. The number of aromatic nitrogens is 4. The van der Waals surface area contributed by atoms with Crippen molar-refractivity contribution in [2.75, 3.05) is 11.9 Å². The normalized spacial score (nSPS) is 10.7. The summed E-state index contributed by atoms with van der Waals surface area (Å²) in [6, 6.07) is 12.7. The van der Waals surface area contributed by atoms with Gasteiger partial charge in [-0.3, -0.25) is 0 Å². The molecule has 3 heterocycles. The maximum Gasteiger partial charge on any atom is 0.338 e. The molecule has 0 saturated heterocycles. The van der Waals surface area contributed by atoms with Crippen LogP contribution in [0.4, 0.5) is 11.6 Å². The Morgan fingerprint density at radius 3 is 2.78 bits per heavy atom. The molecule has 0 fully saturated rings. The second-order valence-corrected chi connectivity index (χ2v) is 5.79. The van der Waals surface area contributed by atoms with Gasteiger partial charge in [-0.05, 0) is 49.4 Å². The van der Waals surface area contributed by atoms with E-state index in [1.807, 2.05) is 24.4 Å². The Labute approximate surface area is 155 Å². The van der Waals surface area contributed by atoms with Crippen LogP contribution < -0.4 is 5.32 Å². The molecule has 0 aliphatic heterocycles. The van der Waals surface area contributed by atoms with E-state index in [2.05, 4.69) is 25.3 Å². The van der Waals surface area contributed by atoms with E-state index >= 15 is 0 Å². The van der Waals surface area contributed by atoms with Crippen LogP contribution in [-0.2, 0) is 4.74 Å². The molecule has 4 aromatic rings. The fourth-order valence-electron chi connectivity index (χ4n) is 2.77. The molecule has 7 nitrogen and oxygen atoms in total. The van der Waals surface area contributed by atoms with E-state index in [1.54, 1.807) is 43.6 Å². The van der Waals surface area contributed by atoms with Gasteiger partial charge in [0.15, 0.2) is 0 Å². The molecule has 0 aliphatic rings. The lowest BCUT2D eigenvalue weighted by atomic mass is 10.1. The van der Waals surface area contributed by atoms with E-state index in [1.165, 1.54) is 0 Å². The number of pyridine rings is 1. The number of ether oxygens (including phenoxy) is 1. The predicted molar refractivity (Wildman–Crippen MR) is 103 cm³/mol. The van der Waals surface area contributed by atoms with Crippen LogP contribution in [0.25, 0.3) is 22.3 Å². The first-order valence-electron chi connectivity index (χ1n) is 8.54. The number of nitrogens with one attached hydrogen (secondary N) is 2. The predicted octanol–water partition coefficient (Wildman–Crippen LogP) is 3.94. The smallest absolute Gasteiger partial charge is 0.338 e. The summed E-state index contributed by atoms with van der Waals surface area (Å²) < 4.78 is 4.99. The van der Waals surface area contributed by atoms with Crippen molar-refractivity contribution in [3.8, 4) is 11.3 Å². The topological polar surface area (TPSA) is 92.8 Å². The fourth-order valence-corrected chi connectivity index (χ4v) is 2.77. The van der Waals surface area contributed by atoms with Gasteiger partial charge < -0.3 is 15.0 Å². The largest absolute Gasteiger partial charge is 0.462 e. The van der Waals surface area contributed by atoms with Gasteiger partial charge in [-0.1, -0.05) is 0 Å². The zero-order valence-corrected chi connectivity index (χ0v) is 14.6. The standard InChI is InChI=1S/C20H17N5O2/c1-2-27-19(26)13-5-7-14(8-6-13)24-20-22-11-9-17(25-20)16-12-23-18-15(16)4-3-10-21-18/h3-12H,2H2,1H3,(H,21,23)(H,22,24,25). The van der Waals surface area contributed by atoms with Gasteiger partial charge in [-0.25, -0.2) is 19.7 Å². The summed E-state index contributed by atoms with van der Waals surface area (Å²) in [6.07, 6.45) is 5.33. The van der Waals surface area contributed by atoms with Gasteiger partial charge in [0.25, 0.3) is 0 Å². The number of hydrogen-bond acceptors (Lipinski definition) is 6. The van der Waals surface area contributed by atoms with Crippen LogP contribution in [0.3, 0.4) is 0 Å². The van der Waals surface area contributed by atoms with E-state index in [0.29, 0.717) is 18.1 Å². The van der Waals surface area contributed by atoms with E-state index in [-0.39, 0.29) is 5.97 Å².